The Bertz CT molecular complexity index is 451. The standard InChI is InChI=1S/C14H23N3O4/c1-10-12(11(2)21-17-10)9-16-14(20)15-8-6-4-3-5-7-13(18)19/h3-9H2,1-2H3,(H,18,19)(H2,15,16,20). The van der Waals surface area contributed by atoms with Crippen molar-refractivity contribution in [2.75, 3.05) is 6.54 Å². The maximum atomic E-state index is 11.6. The first-order valence-corrected chi connectivity index (χ1v) is 7.16. The molecule has 0 saturated heterocycles. The Morgan fingerprint density at radius 2 is 1.86 bits per heavy atom. The molecule has 2 amide bonds. The fourth-order valence-electron chi connectivity index (χ4n) is 1.94. The van der Waals surface area contributed by atoms with Gasteiger partial charge in [-0.2, -0.15) is 0 Å². The third-order valence-corrected chi connectivity index (χ3v) is 3.21. The van der Waals surface area contributed by atoms with Crippen molar-refractivity contribution in [1.82, 2.24) is 15.8 Å². The number of amides is 2. The summed E-state index contributed by atoms with van der Waals surface area (Å²) in [6.45, 7) is 4.63. The van der Waals surface area contributed by atoms with Crippen molar-refractivity contribution in [3.05, 3.63) is 17.0 Å². The summed E-state index contributed by atoms with van der Waals surface area (Å²) in [4.78, 5) is 21.9. The highest BCUT2D eigenvalue weighted by Crippen LogP contribution is 2.11. The molecule has 7 heteroatoms. The topological polar surface area (TPSA) is 104 Å². The van der Waals surface area contributed by atoms with Gasteiger partial charge in [0.25, 0.3) is 0 Å². The number of unbranched alkanes of at least 4 members (excludes halogenated alkanes) is 3. The maximum absolute atomic E-state index is 11.6. The van der Waals surface area contributed by atoms with Gasteiger partial charge in [0.05, 0.1) is 5.69 Å². The van der Waals surface area contributed by atoms with Crippen LogP contribution in [0.25, 0.3) is 0 Å². The van der Waals surface area contributed by atoms with E-state index in [9.17, 15) is 9.59 Å². The maximum Gasteiger partial charge on any atom is 0.315 e. The normalized spacial score (nSPS) is 10.4. The molecule has 1 aromatic rings. The number of hydrogen-bond donors (Lipinski definition) is 3. The highest BCUT2D eigenvalue weighted by atomic mass is 16.5. The first-order valence-electron chi connectivity index (χ1n) is 7.16. The van der Waals surface area contributed by atoms with Crippen molar-refractivity contribution in [3.8, 4) is 0 Å². The molecule has 1 rings (SSSR count). The predicted molar refractivity (Wildman–Crippen MR) is 76.9 cm³/mol. The van der Waals surface area contributed by atoms with Gasteiger partial charge in [-0.1, -0.05) is 18.0 Å². The van der Waals surface area contributed by atoms with E-state index in [0.29, 0.717) is 25.3 Å². The van der Waals surface area contributed by atoms with Crippen molar-refractivity contribution in [1.29, 1.82) is 0 Å². The number of nitrogens with zero attached hydrogens (tertiary/aromatic N) is 1. The van der Waals surface area contributed by atoms with Gasteiger partial charge in [-0.15, -0.1) is 0 Å². The van der Waals surface area contributed by atoms with Crippen molar-refractivity contribution >= 4 is 12.0 Å². The quantitative estimate of drug-likeness (QED) is 0.606. The number of aryl methyl sites for hydroxylation is 2. The van der Waals surface area contributed by atoms with Crippen LogP contribution < -0.4 is 10.6 Å². The van der Waals surface area contributed by atoms with Gasteiger partial charge < -0.3 is 20.3 Å². The zero-order chi connectivity index (χ0) is 15.7. The van der Waals surface area contributed by atoms with Crippen LogP contribution >= 0.6 is 0 Å². The first kappa shape index (κ1) is 17.0. The molecule has 118 valence electrons. The van der Waals surface area contributed by atoms with Crippen LogP contribution in [-0.2, 0) is 11.3 Å². The molecule has 0 spiro atoms. The second-order valence-electron chi connectivity index (χ2n) is 4.97. The molecule has 3 N–H and O–H groups in total. The van der Waals surface area contributed by atoms with Crippen LogP contribution in [0.2, 0.25) is 0 Å². The summed E-state index contributed by atoms with van der Waals surface area (Å²) < 4.78 is 5.02. The van der Waals surface area contributed by atoms with E-state index in [2.05, 4.69) is 15.8 Å². The Morgan fingerprint density at radius 3 is 2.48 bits per heavy atom. The summed E-state index contributed by atoms with van der Waals surface area (Å²) in [7, 11) is 0. The highest BCUT2D eigenvalue weighted by molar-refractivity contribution is 5.73. The van der Waals surface area contributed by atoms with Crippen LogP contribution in [0.5, 0.6) is 0 Å². The fourth-order valence-corrected chi connectivity index (χ4v) is 1.94. The van der Waals surface area contributed by atoms with E-state index in [0.717, 1.165) is 30.5 Å². The molecule has 0 atom stereocenters. The second-order valence-corrected chi connectivity index (χ2v) is 4.97. The van der Waals surface area contributed by atoms with Crippen molar-refractivity contribution in [3.63, 3.8) is 0 Å². The molecule has 0 aliphatic rings. The lowest BCUT2D eigenvalue weighted by atomic mass is 10.1. The van der Waals surface area contributed by atoms with E-state index >= 15 is 0 Å². The van der Waals surface area contributed by atoms with Crippen molar-refractivity contribution in [2.24, 2.45) is 0 Å². The summed E-state index contributed by atoms with van der Waals surface area (Å²) in [5.41, 5.74) is 1.69. The number of urea groups is 1. The predicted octanol–water partition coefficient (Wildman–Crippen LogP) is 2.13. The third-order valence-electron chi connectivity index (χ3n) is 3.21. The van der Waals surface area contributed by atoms with Gasteiger partial charge in [-0.25, -0.2) is 4.79 Å². The Morgan fingerprint density at radius 1 is 1.14 bits per heavy atom. The smallest absolute Gasteiger partial charge is 0.315 e. The summed E-state index contributed by atoms with van der Waals surface area (Å²) >= 11 is 0. The number of hydrogen-bond acceptors (Lipinski definition) is 4. The molecule has 0 unspecified atom stereocenters. The fraction of sp³-hybridized carbons (Fsp3) is 0.643. The molecule has 1 heterocycles. The summed E-state index contributed by atoms with van der Waals surface area (Å²) in [5.74, 6) is -0.0435. The first-order chi connectivity index (χ1) is 10.0. The lowest BCUT2D eigenvalue weighted by molar-refractivity contribution is -0.137. The zero-order valence-electron chi connectivity index (χ0n) is 12.6. The third kappa shape index (κ3) is 6.78. The van der Waals surface area contributed by atoms with E-state index in [1.54, 1.807) is 0 Å². The van der Waals surface area contributed by atoms with Gasteiger partial charge >= 0.3 is 12.0 Å². The minimum atomic E-state index is -0.758. The Hall–Kier alpha value is -2.05. The van der Waals surface area contributed by atoms with Gasteiger partial charge in [-0.3, -0.25) is 4.79 Å². The van der Waals surface area contributed by atoms with Crippen LogP contribution in [0.3, 0.4) is 0 Å². The molecule has 7 nitrogen and oxygen atoms in total. The summed E-state index contributed by atoms with van der Waals surface area (Å²) in [5, 5.41) is 17.8. The van der Waals surface area contributed by atoms with Crippen LogP contribution in [0, 0.1) is 13.8 Å². The Kier molecular flexibility index (Phi) is 7.28. The number of aliphatic carboxylic acids is 1. The molecule has 21 heavy (non-hydrogen) atoms. The minimum absolute atomic E-state index is 0.214. The van der Waals surface area contributed by atoms with E-state index in [-0.39, 0.29) is 12.5 Å². The number of carboxylic acids is 1. The summed E-state index contributed by atoms with van der Waals surface area (Å²) in [6.07, 6.45) is 3.53. The Labute approximate surface area is 124 Å². The largest absolute Gasteiger partial charge is 0.481 e. The van der Waals surface area contributed by atoms with Gasteiger partial charge in [0.2, 0.25) is 0 Å². The van der Waals surface area contributed by atoms with E-state index in [1.165, 1.54) is 0 Å². The molecule has 0 fully saturated rings. The molecular formula is C14H23N3O4. The molecule has 0 saturated carbocycles. The van der Waals surface area contributed by atoms with E-state index < -0.39 is 5.97 Å². The number of rotatable bonds is 9. The second kappa shape index (κ2) is 8.99. The molecular weight excluding hydrogens is 274 g/mol. The number of carbonyl (C=O) groups excluding carboxylic acids is 1. The lowest BCUT2D eigenvalue weighted by Crippen LogP contribution is -2.35. The van der Waals surface area contributed by atoms with Crippen LogP contribution in [-0.4, -0.2) is 28.8 Å². The van der Waals surface area contributed by atoms with Gasteiger partial charge in [0.15, 0.2) is 0 Å². The number of aromatic nitrogens is 1. The molecule has 0 radical (unpaired) electrons. The molecule has 0 aromatic carbocycles. The molecule has 1 aromatic heterocycles. The van der Waals surface area contributed by atoms with E-state index in [4.69, 9.17) is 9.63 Å². The number of nitrogens with one attached hydrogen (secondary N) is 2. The van der Waals surface area contributed by atoms with Gasteiger partial charge in [0, 0.05) is 25.1 Å². The highest BCUT2D eigenvalue weighted by Gasteiger charge is 2.09. The van der Waals surface area contributed by atoms with Gasteiger partial charge in [-0.05, 0) is 26.7 Å². The molecule has 0 aliphatic heterocycles. The zero-order valence-corrected chi connectivity index (χ0v) is 12.6. The Balaban J connectivity index is 2.05. The summed E-state index contributed by atoms with van der Waals surface area (Å²) in [6, 6.07) is -0.222. The van der Waals surface area contributed by atoms with Crippen LogP contribution in [0.1, 0.15) is 49.1 Å². The SMILES string of the molecule is Cc1noc(C)c1CNC(=O)NCCCCCCC(=O)O. The van der Waals surface area contributed by atoms with Crippen molar-refractivity contribution < 1.29 is 19.2 Å². The molecule has 0 aliphatic carbocycles. The van der Waals surface area contributed by atoms with Crippen LogP contribution in [0.4, 0.5) is 4.79 Å². The lowest BCUT2D eigenvalue weighted by Gasteiger charge is -2.07. The monoisotopic (exact) mass is 297 g/mol. The molecule has 0 bridgehead atoms. The van der Waals surface area contributed by atoms with Gasteiger partial charge in [0.1, 0.15) is 5.76 Å². The minimum Gasteiger partial charge on any atom is -0.481 e. The average Bonchev–Trinajstić information content (AvgIpc) is 2.74. The van der Waals surface area contributed by atoms with E-state index in [1.807, 2.05) is 13.8 Å². The number of carbonyl (C=O) groups is 2. The number of carboxylic acid groups (broad SMARTS) is 1. The average molecular weight is 297 g/mol. The van der Waals surface area contributed by atoms with Crippen LogP contribution in [0.15, 0.2) is 4.52 Å². The van der Waals surface area contributed by atoms with Crippen molar-refractivity contribution in [2.45, 2.75) is 52.5 Å².